The molecule has 0 aliphatic heterocycles. The number of nitrogens with zero attached hydrogens (tertiary/aromatic N) is 2. The number of hydrogen-bond donors (Lipinski definition) is 1. The van der Waals surface area contributed by atoms with Crippen molar-refractivity contribution in [1.29, 1.82) is 0 Å². The third kappa shape index (κ3) is 7.23. The highest BCUT2D eigenvalue weighted by atomic mass is 32.2. The van der Waals surface area contributed by atoms with E-state index in [0.717, 1.165) is 17.1 Å². The first-order chi connectivity index (χ1) is 11.6. The van der Waals surface area contributed by atoms with E-state index in [-0.39, 0.29) is 0 Å². The van der Waals surface area contributed by atoms with Gasteiger partial charge in [0, 0.05) is 16.4 Å². The average Bonchev–Trinajstić information content (AvgIpc) is 2.60. The third-order valence-electron chi connectivity index (χ3n) is 3.06. The topological polar surface area (TPSA) is 50.7 Å². The van der Waals surface area contributed by atoms with Gasteiger partial charge in [0.25, 0.3) is 0 Å². The highest BCUT2D eigenvalue weighted by Gasteiger charge is 1.98. The molecule has 0 atom stereocenters. The zero-order chi connectivity index (χ0) is 17.2. The van der Waals surface area contributed by atoms with E-state index in [0.29, 0.717) is 11.1 Å². The Morgan fingerprint density at radius 2 is 1.79 bits per heavy atom. The highest BCUT2D eigenvalue weighted by Crippen LogP contribution is 2.20. The summed E-state index contributed by atoms with van der Waals surface area (Å²) in [5, 5.41) is 8.58. The van der Waals surface area contributed by atoms with Crippen molar-refractivity contribution in [2.24, 2.45) is 21.9 Å². The molecule has 0 aromatic heterocycles. The van der Waals surface area contributed by atoms with Gasteiger partial charge in [0.1, 0.15) is 0 Å². The molecule has 24 heavy (non-hydrogen) atoms. The van der Waals surface area contributed by atoms with Crippen LogP contribution >= 0.6 is 23.5 Å². The normalized spacial score (nSPS) is 12.2. The van der Waals surface area contributed by atoms with Gasteiger partial charge in [0.2, 0.25) is 0 Å². The first kappa shape index (κ1) is 18.6. The predicted octanol–water partition coefficient (Wildman–Crippen LogP) is 5.02. The quantitative estimate of drug-likeness (QED) is 0.328. The summed E-state index contributed by atoms with van der Waals surface area (Å²) in [6.07, 6.45) is 1.73. The van der Waals surface area contributed by atoms with Gasteiger partial charge in [-0.1, -0.05) is 68.1 Å². The molecule has 0 aliphatic carbocycles. The van der Waals surface area contributed by atoms with Crippen LogP contribution in [-0.2, 0) is 5.75 Å². The van der Waals surface area contributed by atoms with Gasteiger partial charge < -0.3 is 5.73 Å². The second kappa shape index (κ2) is 10.2. The fourth-order valence-electron chi connectivity index (χ4n) is 1.83. The van der Waals surface area contributed by atoms with Crippen LogP contribution in [0.1, 0.15) is 25.0 Å². The number of rotatable bonds is 7. The highest BCUT2D eigenvalue weighted by molar-refractivity contribution is 8.13. The zero-order valence-corrected chi connectivity index (χ0v) is 15.7. The number of nitrogens with two attached hydrogens (primary N) is 1. The van der Waals surface area contributed by atoms with Gasteiger partial charge in [-0.05, 0) is 29.2 Å². The SMILES string of the molecule is CC(C)CSc1ccc(C=NN=C(N)SCc2ccccc2)cc1. The third-order valence-corrected chi connectivity index (χ3v) is 5.35. The van der Waals surface area contributed by atoms with Gasteiger partial charge in [-0.2, -0.15) is 5.10 Å². The summed E-state index contributed by atoms with van der Waals surface area (Å²) >= 11 is 3.36. The molecule has 0 fully saturated rings. The summed E-state index contributed by atoms with van der Waals surface area (Å²) in [5.41, 5.74) is 8.12. The van der Waals surface area contributed by atoms with Crippen molar-refractivity contribution >= 4 is 34.9 Å². The van der Waals surface area contributed by atoms with Crippen LogP contribution in [0.15, 0.2) is 69.7 Å². The number of hydrogen-bond acceptors (Lipinski definition) is 4. The molecular formula is C19H23N3S2. The second-order valence-electron chi connectivity index (χ2n) is 5.73. The minimum Gasteiger partial charge on any atom is -0.377 e. The molecule has 2 aromatic carbocycles. The Labute approximate surface area is 152 Å². The molecular weight excluding hydrogens is 334 g/mol. The molecule has 0 aliphatic rings. The Morgan fingerprint density at radius 1 is 1.08 bits per heavy atom. The number of thioether (sulfide) groups is 2. The lowest BCUT2D eigenvalue weighted by molar-refractivity contribution is 0.750. The van der Waals surface area contributed by atoms with Gasteiger partial charge in [-0.3, -0.25) is 0 Å². The maximum atomic E-state index is 5.87. The fourth-order valence-corrected chi connectivity index (χ4v) is 3.29. The zero-order valence-electron chi connectivity index (χ0n) is 14.1. The standard InChI is InChI=1S/C19H23N3S2/c1-15(2)13-23-18-10-8-16(9-11-18)12-21-22-19(20)24-14-17-6-4-3-5-7-17/h3-12,15H,13-14H2,1-2H3,(H2,20,22). The van der Waals surface area contributed by atoms with Crippen molar-refractivity contribution in [2.75, 3.05) is 5.75 Å². The monoisotopic (exact) mass is 357 g/mol. The van der Waals surface area contributed by atoms with Gasteiger partial charge in [0.15, 0.2) is 5.17 Å². The van der Waals surface area contributed by atoms with Crippen molar-refractivity contribution in [3.05, 3.63) is 65.7 Å². The van der Waals surface area contributed by atoms with E-state index in [1.165, 1.54) is 22.2 Å². The smallest absolute Gasteiger partial charge is 0.180 e. The minimum atomic E-state index is 0.471. The lowest BCUT2D eigenvalue weighted by Crippen LogP contribution is -2.05. The summed E-state index contributed by atoms with van der Waals surface area (Å²) in [7, 11) is 0. The van der Waals surface area contributed by atoms with Crippen LogP contribution in [0.2, 0.25) is 0 Å². The van der Waals surface area contributed by atoms with E-state index in [9.17, 15) is 0 Å². The summed E-state index contributed by atoms with van der Waals surface area (Å²) in [6, 6.07) is 18.5. The molecule has 5 heteroatoms. The number of amidine groups is 1. The van der Waals surface area contributed by atoms with E-state index >= 15 is 0 Å². The maximum absolute atomic E-state index is 5.87. The number of benzene rings is 2. The maximum Gasteiger partial charge on any atom is 0.180 e. The van der Waals surface area contributed by atoms with Crippen molar-refractivity contribution in [3.63, 3.8) is 0 Å². The summed E-state index contributed by atoms with van der Waals surface area (Å²) in [6.45, 7) is 4.46. The molecule has 2 N–H and O–H groups in total. The molecule has 0 radical (unpaired) electrons. The van der Waals surface area contributed by atoms with Crippen LogP contribution in [0, 0.1) is 5.92 Å². The van der Waals surface area contributed by atoms with Crippen molar-refractivity contribution in [1.82, 2.24) is 0 Å². The fraction of sp³-hybridized carbons (Fsp3) is 0.263. The molecule has 3 nitrogen and oxygen atoms in total. The van der Waals surface area contributed by atoms with Crippen LogP contribution in [0.4, 0.5) is 0 Å². The Kier molecular flexibility index (Phi) is 7.92. The average molecular weight is 358 g/mol. The predicted molar refractivity (Wildman–Crippen MR) is 109 cm³/mol. The van der Waals surface area contributed by atoms with E-state index in [2.05, 4.69) is 60.4 Å². The first-order valence-corrected chi connectivity index (χ1v) is 9.86. The molecule has 2 rings (SSSR count). The van der Waals surface area contributed by atoms with E-state index in [4.69, 9.17) is 5.73 Å². The van der Waals surface area contributed by atoms with E-state index in [1.54, 1.807) is 6.21 Å². The van der Waals surface area contributed by atoms with Gasteiger partial charge in [0.05, 0.1) is 6.21 Å². The van der Waals surface area contributed by atoms with Crippen LogP contribution in [0.25, 0.3) is 0 Å². The molecule has 2 aromatic rings. The molecule has 0 unspecified atom stereocenters. The van der Waals surface area contributed by atoms with Crippen molar-refractivity contribution in [2.45, 2.75) is 24.5 Å². The Hall–Kier alpha value is -1.72. The van der Waals surface area contributed by atoms with Crippen LogP contribution in [0.3, 0.4) is 0 Å². The molecule has 126 valence electrons. The molecule has 0 amide bonds. The Morgan fingerprint density at radius 3 is 2.46 bits per heavy atom. The van der Waals surface area contributed by atoms with Gasteiger partial charge >= 0.3 is 0 Å². The first-order valence-electron chi connectivity index (χ1n) is 7.89. The molecule has 0 spiro atoms. The molecule has 0 saturated heterocycles. The Balaban J connectivity index is 1.81. The van der Waals surface area contributed by atoms with Crippen molar-refractivity contribution < 1.29 is 0 Å². The summed E-state index contributed by atoms with van der Waals surface area (Å²) in [4.78, 5) is 1.28. The Bertz CT molecular complexity index is 665. The lowest BCUT2D eigenvalue weighted by atomic mass is 10.2. The van der Waals surface area contributed by atoms with Crippen LogP contribution < -0.4 is 5.73 Å². The van der Waals surface area contributed by atoms with E-state index < -0.39 is 0 Å². The minimum absolute atomic E-state index is 0.471. The van der Waals surface area contributed by atoms with Gasteiger partial charge in [-0.15, -0.1) is 16.9 Å². The largest absolute Gasteiger partial charge is 0.377 e. The summed E-state index contributed by atoms with van der Waals surface area (Å²) < 4.78 is 0. The molecule has 0 bridgehead atoms. The molecule has 0 saturated carbocycles. The van der Waals surface area contributed by atoms with Crippen molar-refractivity contribution in [3.8, 4) is 0 Å². The lowest BCUT2D eigenvalue weighted by Gasteiger charge is -2.04. The van der Waals surface area contributed by atoms with E-state index in [1.807, 2.05) is 30.0 Å². The molecule has 0 heterocycles. The van der Waals surface area contributed by atoms with Crippen LogP contribution in [-0.4, -0.2) is 17.1 Å². The van der Waals surface area contributed by atoms with Gasteiger partial charge in [-0.25, -0.2) is 0 Å². The van der Waals surface area contributed by atoms with Crippen LogP contribution in [0.5, 0.6) is 0 Å². The summed E-state index contributed by atoms with van der Waals surface area (Å²) in [5.74, 6) is 2.63. The second-order valence-corrected chi connectivity index (χ2v) is 7.82.